The van der Waals surface area contributed by atoms with E-state index < -0.39 is 0 Å². The van der Waals surface area contributed by atoms with E-state index in [1.165, 1.54) is 0 Å². The molecular formula is C10H15N7O. The van der Waals surface area contributed by atoms with Crippen molar-refractivity contribution in [3.05, 3.63) is 23.3 Å². The maximum absolute atomic E-state index is 11.9. The van der Waals surface area contributed by atoms with Crippen molar-refractivity contribution in [3.8, 4) is 0 Å². The average molecular weight is 249 g/mol. The molecule has 96 valence electrons. The van der Waals surface area contributed by atoms with E-state index in [1.54, 1.807) is 13.0 Å². The van der Waals surface area contributed by atoms with Crippen LogP contribution in [-0.2, 0) is 6.42 Å². The van der Waals surface area contributed by atoms with Crippen LogP contribution in [0.2, 0.25) is 0 Å². The number of nitrogens with one attached hydrogen (secondary N) is 3. The standard InChI is InChI=1S/C10H15N7O/c1-3-4-7-5-8(13-12-7)10(18)11-6(2)9-14-16-17-15-9/h5-6H,3-4H2,1-2H3,(H,11,18)(H,12,13)(H,14,15,16,17). The molecule has 3 N–H and O–H groups in total. The highest BCUT2D eigenvalue weighted by molar-refractivity contribution is 5.92. The Morgan fingerprint density at radius 3 is 3.00 bits per heavy atom. The summed E-state index contributed by atoms with van der Waals surface area (Å²) in [5, 5.41) is 22.9. The molecule has 18 heavy (non-hydrogen) atoms. The van der Waals surface area contributed by atoms with E-state index in [0.29, 0.717) is 11.5 Å². The summed E-state index contributed by atoms with van der Waals surface area (Å²) in [7, 11) is 0. The number of rotatable bonds is 5. The van der Waals surface area contributed by atoms with Crippen LogP contribution in [0.1, 0.15) is 48.3 Å². The molecular weight excluding hydrogens is 234 g/mol. The Labute approximate surface area is 104 Å². The van der Waals surface area contributed by atoms with Gasteiger partial charge in [-0.1, -0.05) is 18.6 Å². The lowest BCUT2D eigenvalue weighted by Gasteiger charge is -2.07. The summed E-state index contributed by atoms with van der Waals surface area (Å²) in [6.45, 7) is 3.85. The number of aromatic amines is 2. The number of aryl methyl sites for hydroxylation is 1. The third-order valence-corrected chi connectivity index (χ3v) is 2.48. The van der Waals surface area contributed by atoms with Gasteiger partial charge in [0, 0.05) is 5.69 Å². The number of carbonyl (C=O) groups excluding carboxylic acids is 1. The van der Waals surface area contributed by atoms with Gasteiger partial charge in [0.25, 0.3) is 5.91 Å². The molecule has 0 aromatic carbocycles. The molecule has 0 aliphatic rings. The van der Waals surface area contributed by atoms with E-state index >= 15 is 0 Å². The summed E-state index contributed by atoms with van der Waals surface area (Å²) in [5.41, 5.74) is 1.32. The maximum Gasteiger partial charge on any atom is 0.272 e. The van der Waals surface area contributed by atoms with E-state index in [-0.39, 0.29) is 11.9 Å². The minimum Gasteiger partial charge on any atom is -0.341 e. The second-order valence-corrected chi connectivity index (χ2v) is 3.99. The zero-order valence-corrected chi connectivity index (χ0v) is 10.3. The molecule has 0 bridgehead atoms. The number of nitrogens with zero attached hydrogens (tertiary/aromatic N) is 4. The highest BCUT2D eigenvalue weighted by Crippen LogP contribution is 2.07. The Morgan fingerprint density at radius 2 is 2.33 bits per heavy atom. The second kappa shape index (κ2) is 5.39. The normalized spacial score (nSPS) is 12.3. The topological polar surface area (TPSA) is 112 Å². The van der Waals surface area contributed by atoms with Crippen molar-refractivity contribution in [2.24, 2.45) is 0 Å². The van der Waals surface area contributed by atoms with Crippen LogP contribution in [0.4, 0.5) is 0 Å². The van der Waals surface area contributed by atoms with Crippen molar-refractivity contribution in [3.63, 3.8) is 0 Å². The highest BCUT2D eigenvalue weighted by atomic mass is 16.2. The second-order valence-electron chi connectivity index (χ2n) is 3.99. The SMILES string of the molecule is CCCc1cc(C(=O)NC(C)c2nn[nH]n2)n[nH]1. The molecule has 0 spiro atoms. The van der Waals surface area contributed by atoms with Gasteiger partial charge in [0.1, 0.15) is 5.69 Å². The zero-order chi connectivity index (χ0) is 13.0. The van der Waals surface area contributed by atoms with Crippen LogP contribution in [0.5, 0.6) is 0 Å². The van der Waals surface area contributed by atoms with Crippen molar-refractivity contribution in [1.29, 1.82) is 0 Å². The average Bonchev–Trinajstić information content (AvgIpc) is 3.00. The van der Waals surface area contributed by atoms with Crippen molar-refractivity contribution < 1.29 is 4.79 Å². The molecule has 1 amide bonds. The van der Waals surface area contributed by atoms with Crippen molar-refractivity contribution >= 4 is 5.91 Å². The van der Waals surface area contributed by atoms with Gasteiger partial charge < -0.3 is 5.32 Å². The van der Waals surface area contributed by atoms with Gasteiger partial charge in [0.05, 0.1) is 6.04 Å². The molecule has 0 saturated heterocycles. The van der Waals surface area contributed by atoms with Gasteiger partial charge in [-0.15, -0.1) is 10.2 Å². The van der Waals surface area contributed by atoms with Gasteiger partial charge in [-0.2, -0.15) is 10.3 Å². The molecule has 0 radical (unpaired) electrons. The number of hydrogen-bond donors (Lipinski definition) is 3. The van der Waals surface area contributed by atoms with Crippen LogP contribution in [0.3, 0.4) is 0 Å². The molecule has 0 aliphatic heterocycles. The molecule has 1 atom stereocenters. The third kappa shape index (κ3) is 2.70. The van der Waals surface area contributed by atoms with Crippen LogP contribution in [0.15, 0.2) is 6.07 Å². The highest BCUT2D eigenvalue weighted by Gasteiger charge is 2.16. The lowest BCUT2D eigenvalue weighted by atomic mass is 10.2. The number of carbonyl (C=O) groups is 1. The van der Waals surface area contributed by atoms with E-state index in [1.807, 2.05) is 0 Å². The molecule has 0 saturated carbocycles. The van der Waals surface area contributed by atoms with Gasteiger partial charge in [0.2, 0.25) is 0 Å². The Morgan fingerprint density at radius 1 is 1.50 bits per heavy atom. The van der Waals surface area contributed by atoms with Crippen LogP contribution in [0.25, 0.3) is 0 Å². The molecule has 1 unspecified atom stereocenters. The number of H-pyrrole nitrogens is 2. The molecule has 8 heteroatoms. The first-order valence-corrected chi connectivity index (χ1v) is 5.79. The molecule has 8 nitrogen and oxygen atoms in total. The minimum atomic E-state index is -0.317. The van der Waals surface area contributed by atoms with Gasteiger partial charge >= 0.3 is 0 Å². The Kier molecular flexibility index (Phi) is 3.66. The van der Waals surface area contributed by atoms with E-state index in [0.717, 1.165) is 18.5 Å². The van der Waals surface area contributed by atoms with E-state index in [9.17, 15) is 4.79 Å². The summed E-state index contributed by atoms with van der Waals surface area (Å²) < 4.78 is 0. The van der Waals surface area contributed by atoms with Gasteiger partial charge in [-0.05, 0) is 19.4 Å². The predicted octanol–water partition coefficient (Wildman–Crippen LogP) is 0.366. The van der Waals surface area contributed by atoms with Crippen LogP contribution in [0, 0.1) is 0 Å². The van der Waals surface area contributed by atoms with Crippen molar-refractivity contribution in [2.75, 3.05) is 0 Å². The molecule has 2 rings (SSSR count). The number of amides is 1. The monoisotopic (exact) mass is 249 g/mol. The van der Waals surface area contributed by atoms with Gasteiger partial charge in [0.15, 0.2) is 5.82 Å². The lowest BCUT2D eigenvalue weighted by molar-refractivity contribution is 0.0933. The quantitative estimate of drug-likeness (QED) is 0.708. The first-order chi connectivity index (χ1) is 8.70. The summed E-state index contributed by atoms with van der Waals surface area (Å²) in [4.78, 5) is 11.9. The van der Waals surface area contributed by atoms with Crippen LogP contribution >= 0.6 is 0 Å². The van der Waals surface area contributed by atoms with E-state index in [2.05, 4.69) is 43.1 Å². The summed E-state index contributed by atoms with van der Waals surface area (Å²) in [6.07, 6.45) is 1.88. The largest absolute Gasteiger partial charge is 0.341 e. The molecule has 2 heterocycles. The number of tetrazole rings is 1. The van der Waals surface area contributed by atoms with Crippen molar-refractivity contribution in [2.45, 2.75) is 32.7 Å². The Hall–Kier alpha value is -2.25. The van der Waals surface area contributed by atoms with Gasteiger partial charge in [-0.3, -0.25) is 9.89 Å². The maximum atomic E-state index is 11.9. The first kappa shape index (κ1) is 12.2. The minimum absolute atomic E-state index is 0.258. The fraction of sp³-hybridized carbons (Fsp3) is 0.500. The van der Waals surface area contributed by atoms with E-state index in [4.69, 9.17) is 0 Å². The summed E-state index contributed by atoms with van der Waals surface area (Å²) in [5.74, 6) is 0.179. The van der Waals surface area contributed by atoms with Crippen LogP contribution in [-0.4, -0.2) is 36.7 Å². The van der Waals surface area contributed by atoms with Gasteiger partial charge in [-0.25, -0.2) is 0 Å². The Bertz CT molecular complexity index is 504. The van der Waals surface area contributed by atoms with Crippen molar-refractivity contribution in [1.82, 2.24) is 36.1 Å². The molecule has 0 aliphatic carbocycles. The molecule has 2 aromatic heterocycles. The Balaban J connectivity index is 1.98. The number of hydrogen-bond acceptors (Lipinski definition) is 5. The third-order valence-electron chi connectivity index (χ3n) is 2.48. The number of aromatic nitrogens is 6. The predicted molar refractivity (Wildman–Crippen MR) is 62.6 cm³/mol. The zero-order valence-electron chi connectivity index (χ0n) is 10.3. The van der Waals surface area contributed by atoms with Crippen LogP contribution < -0.4 is 5.32 Å². The molecule has 0 fully saturated rings. The molecule has 2 aromatic rings. The first-order valence-electron chi connectivity index (χ1n) is 5.79. The fourth-order valence-corrected chi connectivity index (χ4v) is 1.56. The smallest absolute Gasteiger partial charge is 0.272 e. The fourth-order valence-electron chi connectivity index (χ4n) is 1.56. The summed E-state index contributed by atoms with van der Waals surface area (Å²) >= 11 is 0. The lowest BCUT2D eigenvalue weighted by Crippen LogP contribution is -2.27. The summed E-state index contributed by atoms with van der Waals surface area (Å²) in [6, 6.07) is 1.43.